The number of methoxy groups -OCH3 is 2. The molecule has 0 spiro atoms. The minimum Gasteiger partial charge on any atom is -0.379 e. The highest BCUT2D eigenvalue weighted by Crippen LogP contribution is 2.30. The number of hydrogen-bond acceptors (Lipinski definition) is 7. The fourth-order valence-corrected chi connectivity index (χ4v) is 7.91. The Labute approximate surface area is 319 Å². The molecule has 11 nitrogen and oxygen atoms in total. The van der Waals surface area contributed by atoms with Crippen LogP contribution in [-0.2, 0) is 28.7 Å². The molecule has 296 valence electrons. The first-order valence-electron chi connectivity index (χ1n) is 19.3. The van der Waals surface area contributed by atoms with Crippen LogP contribution in [0.15, 0.2) is 36.5 Å². The lowest BCUT2D eigenvalue weighted by molar-refractivity contribution is -0.148. The van der Waals surface area contributed by atoms with Gasteiger partial charge in [0.15, 0.2) is 0 Å². The molecular weight excluding hydrogens is 682 g/mol. The van der Waals surface area contributed by atoms with E-state index in [2.05, 4.69) is 41.9 Å². The first kappa shape index (κ1) is 45.4. The molecule has 52 heavy (non-hydrogen) atoms. The van der Waals surface area contributed by atoms with E-state index in [9.17, 15) is 19.2 Å². The van der Waals surface area contributed by atoms with Gasteiger partial charge in [-0.15, -0.1) is 12.4 Å². The van der Waals surface area contributed by atoms with Crippen molar-refractivity contribution in [1.82, 2.24) is 25.8 Å². The molecule has 0 radical (unpaired) electrons. The summed E-state index contributed by atoms with van der Waals surface area (Å²) in [5.41, 5.74) is -0.714. The summed E-state index contributed by atoms with van der Waals surface area (Å²) in [7, 11) is 4.96. The van der Waals surface area contributed by atoms with Gasteiger partial charge in [-0.25, -0.2) is 0 Å². The second kappa shape index (κ2) is 21.8. The lowest BCUT2D eigenvalue weighted by atomic mass is 9.88. The average Bonchev–Trinajstić information content (AvgIpc) is 3.45. The van der Waals surface area contributed by atoms with Crippen LogP contribution < -0.4 is 16.0 Å². The molecule has 1 aliphatic carbocycles. The van der Waals surface area contributed by atoms with Crippen molar-refractivity contribution in [1.29, 1.82) is 0 Å². The maximum Gasteiger partial charge on any atom is 0.245 e. The minimum absolute atomic E-state index is 0. The number of nitrogens with one attached hydrogen (secondary N) is 3. The number of ether oxygens (including phenoxy) is 2. The molecule has 0 aromatic carbocycles. The highest BCUT2D eigenvalue weighted by atomic mass is 35.5. The Morgan fingerprint density at radius 2 is 1.67 bits per heavy atom. The summed E-state index contributed by atoms with van der Waals surface area (Å²) in [6.07, 6.45) is 17.1. The van der Waals surface area contributed by atoms with Crippen molar-refractivity contribution in [3.05, 3.63) is 36.5 Å². The Balaban J connectivity index is 0.00000936. The Kier molecular flexibility index (Phi) is 19.1. The highest BCUT2D eigenvalue weighted by Gasteiger charge is 2.43. The Morgan fingerprint density at radius 3 is 2.23 bits per heavy atom. The van der Waals surface area contributed by atoms with Crippen LogP contribution >= 0.6 is 12.4 Å². The molecule has 8 atom stereocenters. The summed E-state index contributed by atoms with van der Waals surface area (Å²) < 4.78 is 12.0. The monoisotopic (exact) mass is 749 g/mol. The summed E-state index contributed by atoms with van der Waals surface area (Å²) in [4.78, 5) is 58.6. The molecule has 12 heteroatoms. The minimum atomic E-state index is -0.724. The number of halogens is 1. The van der Waals surface area contributed by atoms with Crippen molar-refractivity contribution in [2.75, 3.05) is 40.9 Å². The third kappa shape index (κ3) is 11.9. The van der Waals surface area contributed by atoms with E-state index >= 15 is 0 Å². The molecule has 2 heterocycles. The van der Waals surface area contributed by atoms with Crippen molar-refractivity contribution in [2.45, 2.75) is 129 Å². The van der Waals surface area contributed by atoms with Crippen molar-refractivity contribution in [3.8, 4) is 0 Å². The van der Waals surface area contributed by atoms with Gasteiger partial charge in [-0.1, -0.05) is 77.5 Å². The van der Waals surface area contributed by atoms with Gasteiger partial charge in [0, 0.05) is 34.4 Å². The van der Waals surface area contributed by atoms with Gasteiger partial charge in [0.05, 0.1) is 42.2 Å². The number of carbonyl (C=O) groups excluding carboxylic acids is 4. The summed E-state index contributed by atoms with van der Waals surface area (Å²) >= 11 is 0. The lowest BCUT2D eigenvalue weighted by Gasteiger charge is -2.41. The fraction of sp³-hybridized carbons (Fsp3) is 0.750. The van der Waals surface area contributed by atoms with Crippen LogP contribution in [-0.4, -0.2) is 110 Å². The normalized spacial score (nSPS) is 23.9. The van der Waals surface area contributed by atoms with Gasteiger partial charge in [-0.05, 0) is 69.7 Å². The number of piperidine rings is 1. The molecular formula is C40H68ClN5O6. The second-order valence-corrected chi connectivity index (χ2v) is 15.4. The lowest BCUT2D eigenvalue weighted by Crippen LogP contribution is -2.63. The molecule has 0 aromatic rings. The predicted molar refractivity (Wildman–Crippen MR) is 209 cm³/mol. The van der Waals surface area contributed by atoms with Gasteiger partial charge in [0.1, 0.15) is 6.04 Å². The second-order valence-electron chi connectivity index (χ2n) is 15.4. The average molecular weight is 750 g/mol. The quantitative estimate of drug-likeness (QED) is 0.184. The third-order valence-electron chi connectivity index (χ3n) is 11.4. The number of rotatable bonds is 18. The van der Waals surface area contributed by atoms with Gasteiger partial charge in [0.25, 0.3) is 0 Å². The molecule has 3 rings (SSSR count). The van der Waals surface area contributed by atoms with Crippen LogP contribution in [0.4, 0.5) is 0 Å². The fourth-order valence-electron chi connectivity index (χ4n) is 7.91. The molecule has 3 aliphatic rings. The van der Waals surface area contributed by atoms with E-state index in [0.29, 0.717) is 13.1 Å². The van der Waals surface area contributed by atoms with Gasteiger partial charge in [-0.2, -0.15) is 0 Å². The van der Waals surface area contributed by atoms with E-state index in [1.54, 1.807) is 26.2 Å². The maximum absolute atomic E-state index is 14.2. The van der Waals surface area contributed by atoms with Crippen LogP contribution in [0.25, 0.3) is 0 Å². The number of likely N-dealkylation sites (N-methyl/N-ethyl adjacent to an activating group) is 1. The summed E-state index contributed by atoms with van der Waals surface area (Å²) in [5.74, 6) is -0.860. The molecule has 2 aliphatic heterocycles. The van der Waals surface area contributed by atoms with Gasteiger partial charge >= 0.3 is 0 Å². The van der Waals surface area contributed by atoms with Crippen molar-refractivity contribution >= 4 is 36.0 Å². The molecule has 2 fully saturated rings. The van der Waals surface area contributed by atoms with Crippen molar-refractivity contribution in [3.63, 3.8) is 0 Å². The van der Waals surface area contributed by atoms with Crippen LogP contribution in [0.1, 0.15) is 92.9 Å². The topological polar surface area (TPSA) is 129 Å². The number of allylic oxidation sites excluding steroid dienone is 6. The molecule has 0 aromatic heterocycles. The molecule has 0 saturated carbocycles. The Bertz CT molecular complexity index is 1230. The van der Waals surface area contributed by atoms with Crippen LogP contribution in [0, 0.1) is 23.7 Å². The molecule has 3 N–H and O–H groups in total. The first-order chi connectivity index (χ1) is 24.3. The zero-order valence-electron chi connectivity index (χ0n) is 33.2. The van der Waals surface area contributed by atoms with E-state index in [1.165, 1.54) is 0 Å². The number of nitrogens with zero attached hydrogens (tertiary/aromatic N) is 2. The van der Waals surface area contributed by atoms with Gasteiger partial charge < -0.3 is 35.2 Å². The van der Waals surface area contributed by atoms with E-state index < -0.39 is 35.7 Å². The zero-order valence-corrected chi connectivity index (χ0v) is 34.0. The van der Waals surface area contributed by atoms with Gasteiger partial charge in [0.2, 0.25) is 23.6 Å². The summed E-state index contributed by atoms with van der Waals surface area (Å²) in [6.45, 7) is 13.7. The molecule has 2 saturated heterocycles. The molecule has 4 amide bonds. The zero-order chi connectivity index (χ0) is 37.7. The number of hydrogen-bond donors (Lipinski definition) is 3. The smallest absolute Gasteiger partial charge is 0.245 e. The summed E-state index contributed by atoms with van der Waals surface area (Å²) in [5, 5.41) is 9.50. The Hall–Kier alpha value is -2.73. The highest BCUT2D eigenvalue weighted by molar-refractivity contribution is 5.92. The largest absolute Gasteiger partial charge is 0.379 e. The predicted octanol–water partition coefficient (Wildman–Crippen LogP) is 4.81. The molecule has 0 bridgehead atoms. The SMILES string of the molecule is CC[C@H](C)[C@@H]([C@@H](CC(=O)N1CCC[C@H]1[C@H](OC)[C@@H](C)C(=O)NCCC1C=CC=CC=C1)OC)N(C)C(=O)[C@@H](NC(=O)[C@@]1(C)CCCCN1)C(C)C.Cl. The van der Waals surface area contributed by atoms with Crippen molar-refractivity contribution < 1.29 is 28.7 Å². The van der Waals surface area contributed by atoms with Gasteiger partial charge in [-0.3, -0.25) is 19.2 Å². The van der Waals surface area contributed by atoms with E-state index in [1.807, 2.05) is 56.9 Å². The third-order valence-corrected chi connectivity index (χ3v) is 11.4. The first-order valence-corrected chi connectivity index (χ1v) is 19.3. The standard InChI is InChI=1S/C40H67N5O6.ClH/c1-10-28(4)35(44(7)38(48)34(27(2)3)43-39(49)40(6)22-15-16-23-42-40)32(50-8)26-33(46)45-25-17-20-31(45)36(51-9)29(5)37(47)41-24-21-30-18-13-11-12-14-19-30;/h11-14,18-19,27-32,34-36,42H,10,15-17,20-26H2,1-9H3,(H,41,47)(H,43,49);1H/t28-,29+,31-,32+,34-,35-,36+,40+;/m0./s1. The van der Waals surface area contributed by atoms with Crippen molar-refractivity contribution in [2.24, 2.45) is 23.7 Å². The molecule has 0 unspecified atom stereocenters. The van der Waals surface area contributed by atoms with Crippen LogP contribution in [0.3, 0.4) is 0 Å². The van der Waals surface area contributed by atoms with E-state index in [0.717, 1.165) is 51.5 Å². The Morgan fingerprint density at radius 1 is 1.00 bits per heavy atom. The number of likely N-dealkylation sites (tertiary alicyclic amines) is 1. The summed E-state index contributed by atoms with van der Waals surface area (Å²) in [6, 6.07) is -1.38. The van der Waals surface area contributed by atoms with Crippen LogP contribution in [0.5, 0.6) is 0 Å². The number of amides is 4. The number of carbonyl (C=O) groups is 4. The van der Waals surface area contributed by atoms with Crippen LogP contribution in [0.2, 0.25) is 0 Å². The maximum atomic E-state index is 14.2. The van der Waals surface area contributed by atoms with E-state index in [4.69, 9.17) is 9.47 Å². The van der Waals surface area contributed by atoms with E-state index in [-0.39, 0.29) is 66.3 Å².